The molecule has 2 atom stereocenters. The topological polar surface area (TPSA) is 96.4 Å². The van der Waals surface area contributed by atoms with E-state index in [-0.39, 0.29) is 11.7 Å². The Hall–Kier alpha value is -4.60. The third-order valence-corrected chi connectivity index (χ3v) is 6.55. The van der Waals surface area contributed by atoms with Gasteiger partial charge in [0.05, 0.1) is 6.04 Å². The second-order valence-electron chi connectivity index (χ2n) is 10.6. The van der Waals surface area contributed by atoms with Gasteiger partial charge in [-0.2, -0.15) is 13.2 Å². The highest BCUT2D eigenvalue weighted by Crippen LogP contribution is 2.27. The van der Waals surface area contributed by atoms with Crippen molar-refractivity contribution in [3.05, 3.63) is 147 Å². The molecule has 6 nitrogen and oxygen atoms in total. The third-order valence-electron chi connectivity index (χ3n) is 6.55. The van der Waals surface area contributed by atoms with Crippen LogP contribution in [-0.2, 0) is 4.79 Å². The standard InChI is InChI=1S/C16H27N3O.C10H10F3N.C8H10.C2H5N.C2H6.2C2H4/c1-4-7-14(5-2)11-15(12-20)18-13(3)10-16-8-6-9-19(16)17;1-7(2)8-5-3-4-6-9(8)14-10(11,12)13;1-7-3-5-8(2)6-4-7;1-2-3;3*1-2/h4-5,7,12,15-16,18H,3,6,8-11,17H2,1-2H3;3-6,14H,1H2,2H3;3-6H,1-2H3;2H,1,3H2;1-2H3;2*1-2H2/b7-4-,14-5+;;;;;;. The summed E-state index contributed by atoms with van der Waals surface area (Å²) >= 11 is 0. The predicted octanol–water partition coefficient (Wildman–Crippen LogP) is 11.0. The van der Waals surface area contributed by atoms with Crippen LogP contribution in [0.5, 0.6) is 0 Å². The Morgan fingerprint density at radius 1 is 1.00 bits per heavy atom. The number of carbonyl (C=O) groups excluding carboxylic acids is 1. The number of aldehydes is 1. The van der Waals surface area contributed by atoms with Gasteiger partial charge in [-0.25, -0.2) is 5.01 Å². The molecule has 286 valence electrons. The zero-order valence-corrected chi connectivity index (χ0v) is 32.3. The van der Waals surface area contributed by atoms with Crippen LogP contribution in [0.3, 0.4) is 0 Å². The monoisotopic (exact) mass is 714 g/mol. The fourth-order valence-electron chi connectivity index (χ4n) is 4.32. The fourth-order valence-corrected chi connectivity index (χ4v) is 4.32. The lowest BCUT2D eigenvalue weighted by molar-refractivity contribution is -0.109. The van der Waals surface area contributed by atoms with E-state index in [9.17, 15) is 18.0 Å². The predicted molar refractivity (Wildman–Crippen MR) is 219 cm³/mol. The molecule has 51 heavy (non-hydrogen) atoms. The second-order valence-corrected chi connectivity index (χ2v) is 10.6. The summed E-state index contributed by atoms with van der Waals surface area (Å²) in [6.45, 7) is 37.5. The number of nitrogens with two attached hydrogens (primary N) is 2. The van der Waals surface area contributed by atoms with Crippen LogP contribution in [0.25, 0.3) is 5.57 Å². The molecular weight excluding hydrogens is 647 g/mol. The van der Waals surface area contributed by atoms with E-state index in [4.69, 9.17) is 5.84 Å². The van der Waals surface area contributed by atoms with E-state index in [1.165, 1.54) is 28.7 Å². The van der Waals surface area contributed by atoms with Crippen LogP contribution in [0, 0.1) is 13.8 Å². The molecule has 0 amide bonds. The summed E-state index contributed by atoms with van der Waals surface area (Å²) in [5, 5.41) is 6.56. The first-order valence-electron chi connectivity index (χ1n) is 16.9. The van der Waals surface area contributed by atoms with Gasteiger partial charge in [-0.1, -0.05) is 111 Å². The minimum atomic E-state index is -4.41. The lowest BCUT2D eigenvalue weighted by Gasteiger charge is -2.22. The zero-order valence-electron chi connectivity index (χ0n) is 32.3. The van der Waals surface area contributed by atoms with Crippen LogP contribution < -0.4 is 22.2 Å². The number of nitrogens with one attached hydrogen (secondary N) is 2. The molecule has 0 aromatic heterocycles. The van der Waals surface area contributed by atoms with E-state index in [1.807, 2.05) is 50.9 Å². The van der Waals surface area contributed by atoms with Crippen LogP contribution in [0.2, 0.25) is 0 Å². The van der Waals surface area contributed by atoms with Crippen molar-refractivity contribution in [2.75, 3.05) is 11.9 Å². The average molecular weight is 714 g/mol. The van der Waals surface area contributed by atoms with Crippen molar-refractivity contribution in [3.63, 3.8) is 0 Å². The molecule has 3 rings (SSSR count). The van der Waals surface area contributed by atoms with E-state index in [1.54, 1.807) is 25.1 Å². The summed E-state index contributed by atoms with van der Waals surface area (Å²) in [5.74, 6) is 5.91. The highest BCUT2D eigenvalue weighted by Gasteiger charge is 2.28. The number of halogens is 3. The zero-order chi connectivity index (χ0) is 40.4. The number of hydrogen-bond donors (Lipinski definition) is 4. The lowest BCUT2D eigenvalue weighted by Crippen LogP contribution is -2.38. The minimum Gasteiger partial charge on any atom is -0.405 e. The van der Waals surface area contributed by atoms with Gasteiger partial charge in [-0.15, -0.1) is 26.3 Å². The summed E-state index contributed by atoms with van der Waals surface area (Å²) < 4.78 is 36.1. The maximum absolute atomic E-state index is 12.0. The van der Waals surface area contributed by atoms with Crippen molar-refractivity contribution in [2.45, 2.75) is 92.5 Å². The number of benzene rings is 2. The van der Waals surface area contributed by atoms with E-state index in [0.717, 1.165) is 43.4 Å². The maximum atomic E-state index is 12.0. The number of hydrazine groups is 1. The number of allylic oxidation sites excluding steroid dienone is 4. The van der Waals surface area contributed by atoms with Crippen LogP contribution in [0.15, 0.2) is 130 Å². The summed E-state index contributed by atoms with van der Waals surface area (Å²) in [6.07, 6.45) is 7.54. The minimum absolute atomic E-state index is 0.0347. The van der Waals surface area contributed by atoms with Crippen molar-refractivity contribution in [1.29, 1.82) is 0 Å². The molecule has 6 N–H and O–H groups in total. The number of rotatable bonds is 10. The number of anilines is 1. The summed E-state index contributed by atoms with van der Waals surface area (Å²) in [6, 6.07) is 14.8. The third kappa shape index (κ3) is 28.9. The summed E-state index contributed by atoms with van der Waals surface area (Å²) in [4.78, 5) is 11.2. The molecule has 1 heterocycles. The molecule has 0 bridgehead atoms. The number of carbonyl (C=O) groups is 1. The molecule has 0 radical (unpaired) electrons. The molecular formula is C42H66F3N5O. The average Bonchev–Trinajstić information content (AvgIpc) is 3.51. The van der Waals surface area contributed by atoms with Crippen molar-refractivity contribution in [3.8, 4) is 0 Å². The van der Waals surface area contributed by atoms with E-state index in [2.05, 4.69) is 95.2 Å². The number of aryl methyl sites for hydroxylation is 2. The quantitative estimate of drug-likeness (QED) is 0.0643. The molecule has 2 unspecified atom stereocenters. The Morgan fingerprint density at radius 2 is 1.49 bits per heavy atom. The molecule has 1 saturated heterocycles. The first kappa shape index (κ1) is 53.2. The molecule has 1 fully saturated rings. The van der Waals surface area contributed by atoms with Gasteiger partial charge in [0.2, 0.25) is 0 Å². The van der Waals surface area contributed by atoms with E-state index >= 15 is 0 Å². The summed E-state index contributed by atoms with van der Waals surface area (Å²) in [7, 11) is 0. The van der Waals surface area contributed by atoms with Crippen LogP contribution in [0.1, 0.15) is 77.0 Å². The summed E-state index contributed by atoms with van der Waals surface area (Å²) in [5.41, 5.74) is 10.4. The van der Waals surface area contributed by atoms with Crippen LogP contribution in [0.4, 0.5) is 18.9 Å². The molecule has 0 saturated carbocycles. The number of hydrogen-bond acceptors (Lipinski definition) is 6. The Morgan fingerprint density at radius 3 is 1.86 bits per heavy atom. The van der Waals surface area contributed by atoms with Crippen LogP contribution >= 0.6 is 0 Å². The number of nitrogens with zero attached hydrogens (tertiary/aromatic N) is 1. The second kappa shape index (κ2) is 33.9. The number of alkyl halides is 3. The molecule has 2 aromatic carbocycles. The van der Waals surface area contributed by atoms with Crippen molar-refractivity contribution in [2.24, 2.45) is 11.6 Å². The Labute approximate surface area is 308 Å². The number of para-hydroxylation sites is 1. The Kier molecular flexibility index (Phi) is 35.3. The maximum Gasteiger partial charge on any atom is 0.482 e. The first-order valence-corrected chi connectivity index (χ1v) is 16.9. The molecule has 0 aliphatic carbocycles. The molecule has 0 spiro atoms. The molecule has 1 aliphatic heterocycles. The highest BCUT2D eigenvalue weighted by molar-refractivity contribution is 5.73. The molecule has 2 aromatic rings. The van der Waals surface area contributed by atoms with Crippen LogP contribution in [-0.4, -0.2) is 36.2 Å². The van der Waals surface area contributed by atoms with Crippen molar-refractivity contribution in [1.82, 2.24) is 10.3 Å². The van der Waals surface area contributed by atoms with Gasteiger partial charge < -0.3 is 15.8 Å². The van der Waals surface area contributed by atoms with E-state index in [0.29, 0.717) is 23.6 Å². The van der Waals surface area contributed by atoms with Crippen molar-refractivity contribution >= 4 is 17.5 Å². The molecule has 1 aliphatic rings. The normalized spacial score (nSPS) is 13.7. The Balaban J connectivity index is -0.000000308. The van der Waals surface area contributed by atoms with Crippen molar-refractivity contribution < 1.29 is 18.0 Å². The largest absolute Gasteiger partial charge is 0.482 e. The fraction of sp³-hybridized carbons (Fsp3) is 0.357. The highest BCUT2D eigenvalue weighted by atomic mass is 19.4. The van der Waals surface area contributed by atoms with Gasteiger partial charge in [0, 0.05) is 36.0 Å². The SMILES string of the molecule is C=C.C=C.C=C(C)c1ccccc1NC(F)(F)F.C=C(CC1CCCN1N)NC(C=O)CC(/C=C\C)=C/C.C=CN.CC.Cc1ccc(C)cc1. The van der Waals surface area contributed by atoms with Gasteiger partial charge in [-0.3, -0.25) is 11.2 Å². The first-order chi connectivity index (χ1) is 24.2. The van der Waals surface area contributed by atoms with Gasteiger partial charge in [-0.05, 0) is 71.7 Å². The van der Waals surface area contributed by atoms with Gasteiger partial charge in [0.25, 0.3) is 0 Å². The lowest BCUT2D eigenvalue weighted by atomic mass is 10.0. The van der Waals surface area contributed by atoms with Gasteiger partial charge >= 0.3 is 6.30 Å². The Bertz CT molecular complexity index is 1250. The smallest absolute Gasteiger partial charge is 0.405 e. The van der Waals surface area contributed by atoms with Gasteiger partial charge in [0.15, 0.2) is 0 Å². The van der Waals surface area contributed by atoms with E-state index < -0.39 is 6.30 Å². The molecule has 9 heteroatoms. The van der Waals surface area contributed by atoms with Gasteiger partial charge in [0.1, 0.15) is 6.29 Å².